The summed E-state index contributed by atoms with van der Waals surface area (Å²) >= 11 is -0.132. The van der Waals surface area contributed by atoms with Crippen molar-refractivity contribution in [2.45, 2.75) is 10.4 Å². The number of carbonyl (C=O) groups is 1. The number of hydrogen-bond donors (Lipinski definition) is 1. The van der Waals surface area contributed by atoms with Crippen LogP contribution in [0.2, 0.25) is 0 Å². The molecule has 0 unspecified atom stereocenters. The fourth-order valence-corrected chi connectivity index (χ4v) is 2.85. The van der Waals surface area contributed by atoms with Crippen LogP contribution in [0, 0.1) is 0 Å². The summed E-state index contributed by atoms with van der Waals surface area (Å²) in [5.74, 6) is -2.06. The molecule has 0 bridgehead atoms. The van der Waals surface area contributed by atoms with E-state index in [0.29, 0.717) is 0 Å². The van der Waals surface area contributed by atoms with E-state index in [4.69, 9.17) is 15.8 Å². The molecule has 5 nitrogen and oxygen atoms in total. The number of halogens is 4. The maximum absolute atomic E-state index is 12.3. The third-order valence-corrected chi connectivity index (χ3v) is 4.27. The molecule has 0 radical (unpaired) electrons. The van der Waals surface area contributed by atoms with Gasteiger partial charge >= 0.3 is 12.1 Å². The van der Waals surface area contributed by atoms with Gasteiger partial charge in [-0.3, -0.25) is 0 Å². The summed E-state index contributed by atoms with van der Waals surface area (Å²) in [5, 5.41) is 8.51. The fourth-order valence-electron chi connectivity index (χ4n) is 0.824. The Kier molecular flexibility index (Phi) is 3.18. The first-order valence-corrected chi connectivity index (χ1v) is 6.38. The van der Waals surface area contributed by atoms with E-state index in [-0.39, 0.29) is 11.5 Å². The van der Waals surface area contributed by atoms with Gasteiger partial charge in [-0.1, -0.05) is 0 Å². The number of aromatic carboxylic acids is 1. The molecule has 1 heterocycles. The molecule has 0 aliphatic carbocycles. The molecule has 0 saturated heterocycles. The molecule has 16 heavy (non-hydrogen) atoms. The standard InChI is InChI=1S/C5HClF3NO4S2/c6-16(13,14)4-1(3(11)12)2(10-15-4)5(7,8)9/h(H,11,12). The van der Waals surface area contributed by atoms with Crippen molar-refractivity contribution < 1.29 is 31.5 Å². The van der Waals surface area contributed by atoms with E-state index in [1.54, 1.807) is 0 Å². The van der Waals surface area contributed by atoms with Crippen molar-refractivity contribution in [3.8, 4) is 0 Å². The van der Waals surface area contributed by atoms with Crippen LogP contribution in [0.25, 0.3) is 0 Å². The summed E-state index contributed by atoms with van der Waals surface area (Å²) in [4.78, 5) is 10.5. The summed E-state index contributed by atoms with van der Waals surface area (Å²) in [6.45, 7) is 0. The van der Waals surface area contributed by atoms with Gasteiger partial charge < -0.3 is 5.11 Å². The highest BCUT2D eigenvalue weighted by atomic mass is 35.7. The van der Waals surface area contributed by atoms with Crippen LogP contribution in [0.1, 0.15) is 16.1 Å². The van der Waals surface area contributed by atoms with Gasteiger partial charge in [-0.15, -0.1) is 0 Å². The molecule has 0 aliphatic heterocycles. The van der Waals surface area contributed by atoms with Gasteiger partial charge in [-0.05, 0) is 11.5 Å². The molecule has 0 spiro atoms. The zero-order chi connectivity index (χ0) is 12.7. The van der Waals surface area contributed by atoms with Crippen molar-refractivity contribution in [2.24, 2.45) is 0 Å². The van der Waals surface area contributed by atoms with Crippen LogP contribution >= 0.6 is 22.2 Å². The summed E-state index contributed by atoms with van der Waals surface area (Å²) in [6, 6.07) is 0. The number of carboxylic acid groups (broad SMARTS) is 1. The Morgan fingerprint density at radius 3 is 2.25 bits per heavy atom. The Balaban J connectivity index is 3.60. The molecule has 0 atom stereocenters. The second-order valence-electron chi connectivity index (χ2n) is 2.43. The molecule has 0 aliphatic rings. The normalized spacial score (nSPS) is 12.8. The molecular weight excluding hydrogens is 295 g/mol. The Hall–Kier alpha value is -0.870. The third kappa shape index (κ3) is 2.44. The number of carboxylic acids is 1. The number of nitrogens with zero attached hydrogens (tertiary/aromatic N) is 1. The minimum atomic E-state index is -5.05. The highest BCUT2D eigenvalue weighted by Gasteiger charge is 2.42. The summed E-state index contributed by atoms with van der Waals surface area (Å²) in [5.41, 5.74) is -3.23. The molecule has 1 rings (SSSR count). The Morgan fingerprint density at radius 1 is 1.44 bits per heavy atom. The quantitative estimate of drug-likeness (QED) is 0.841. The van der Waals surface area contributed by atoms with Crippen molar-refractivity contribution in [1.29, 1.82) is 0 Å². The van der Waals surface area contributed by atoms with E-state index in [2.05, 4.69) is 4.37 Å². The van der Waals surface area contributed by atoms with Crippen molar-refractivity contribution in [3.63, 3.8) is 0 Å². The van der Waals surface area contributed by atoms with Gasteiger partial charge in [-0.25, -0.2) is 13.2 Å². The zero-order valence-corrected chi connectivity index (χ0v) is 9.34. The van der Waals surface area contributed by atoms with Crippen LogP contribution < -0.4 is 0 Å². The maximum atomic E-state index is 12.3. The van der Waals surface area contributed by atoms with E-state index in [9.17, 15) is 26.4 Å². The van der Waals surface area contributed by atoms with Crippen LogP contribution in [-0.4, -0.2) is 23.9 Å². The third-order valence-electron chi connectivity index (χ3n) is 1.36. The maximum Gasteiger partial charge on any atom is 0.435 e. The van der Waals surface area contributed by atoms with Gasteiger partial charge in [0.1, 0.15) is 5.56 Å². The average molecular weight is 296 g/mol. The van der Waals surface area contributed by atoms with Gasteiger partial charge in [0.05, 0.1) is 0 Å². The first-order chi connectivity index (χ1) is 7.05. The van der Waals surface area contributed by atoms with Crippen LogP contribution in [0.4, 0.5) is 13.2 Å². The highest BCUT2D eigenvalue weighted by Crippen LogP contribution is 2.37. The highest BCUT2D eigenvalue weighted by molar-refractivity contribution is 8.15. The largest absolute Gasteiger partial charge is 0.478 e. The van der Waals surface area contributed by atoms with Crippen LogP contribution in [-0.2, 0) is 15.2 Å². The molecule has 11 heteroatoms. The molecule has 0 amide bonds. The topological polar surface area (TPSA) is 84.3 Å². The lowest BCUT2D eigenvalue weighted by atomic mass is 10.2. The predicted molar refractivity (Wildman–Crippen MR) is 47.1 cm³/mol. The van der Waals surface area contributed by atoms with E-state index in [0.717, 1.165) is 0 Å². The molecule has 1 aromatic heterocycles. The van der Waals surface area contributed by atoms with Crippen LogP contribution in [0.3, 0.4) is 0 Å². The first kappa shape index (κ1) is 13.2. The van der Waals surface area contributed by atoms with Gasteiger partial charge in [0.15, 0.2) is 9.90 Å². The molecule has 0 aromatic carbocycles. The lowest BCUT2D eigenvalue weighted by Crippen LogP contribution is -2.13. The lowest BCUT2D eigenvalue weighted by Gasteiger charge is -2.03. The monoisotopic (exact) mass is 295 g/mol. The van der Waals surface area contributed by atoms with E-state index in [1.807, 2.05) is 0 Å². The van der Waals surface area contributed by atoms with Crippen molar-refractivity contribution in [2.75, 3.05) is 0 Å². The fraction of sp³-hybridized carbons (Fsp3) is 0.200. The number of alkyl halides is 3. The van der Waals surface area contributed by atoms with Crippen LogP contribution in [0.15, 0.2) is 4.21 Å². The van der Waals surface area contributed by atoms with Gasteiger partial charge in [0.25, 0.3) is 9.05 Å². The molecule has 1 aromatic rings. The Morgan fingerprint density at radius 2 is 1.94 bits per heavy atom. The van der Waals surface area contributed by atoms with Crippen molar-refractivity contribution in [1.82, 2.24) is 4.37 Å². The number of rotatable bonds is 2. The zero-order valence-electron chi connectivity index (χ0n) is 6.95. The Labute approximate surface area is 95.0 Å². The molecule has 1 N–H and O–H groups in total. The predicted octanol–water partition coefficient (Wildman–Crippen LogP) is 1.79. The van der Waals surface area contributed by atoms with Crippen molar-refractivity contribution >= 4 is 37.2 Å². The first-order valence-electron chi connectivity index (χ1n) is 3.30. The second-order valence-corrected chi connectivity index (χ2v) is 5.97. The molecule has 90 valence electrons. The lowest BCUT2D eigenvalue weighted by molar-refractivity contribution is -0.141. The number of aromatic nitrogens is 1. The molecule has 0 fully saturated rings. The molecule has 0 saturated carbocycles. The molecular formula is C5HClF3NO4S2. The summed E-state index contributed by atoms with van der Waals surface area (Å²) in [6.07, 6.45) is -5.05. The van der Waals surface area contributed by atoms with Crippen molar-refractivity contribution in [3.05, 3.63) is 11.3 Å². The minimum absolute atomic E-state index is 0.132. The van der Waals surface area contributed by atoms with Gasteiger partial charge in [0, 0.05) is 10.7 Å². The van der Waals surface area contributed by atoms with Gasteiger partial charge in [0.2, 0.25) is 0 Å². The van der Waals surface area contributed by atoms with E-state index in [1.165, 1.54) is 0 Å². The minimum Gasteiger partial charge on any atom is -0.478 e. The van der Waals surface area contributed by atoms with Gasteiger partial charge in [-0.2, -0.15) is 17.5 Å². The smallest absolute Gasteiger partial charge is 0.435 e. The average Bonchev–Trinajstić information content (AvgIpc) is 2.43. The second kappa shape index (κ2) is 3.86. The van der Waals surface area contributed by atoms with E-state index >= 15 is 0 Å². The van der Waals surface area contributed by atoms with Crippen LogP contribution in [0.5, 0.6) is 0 Å². The van der Waals surface area contributed by atoms with E-state index < -0.39 is 36.7 Å². The number of hydrogen-bond acceptors (Lipinski definition) is 5. The summed E-state index contributed by atoms with van der Waals surface area (Å²) < 4.78 is 60.0. The summed E-state index contributed by atoms with van der Waals surface area (Å²) in [7, 11) is 0.213. The Bertz CT molecular complexity index is 534. The SMILES string of the molecule is O=C(O)c1c(C(F)(F)F)nsc1S(=O)(=O)Cl.